The molecule has 2 rings (SSSR count). The molecule has 2 N–H and O–H groups in total. The minimum absolute atomic E-state index is 0.0804. The first kappa shape index (κ1) is 15.5. The van der Waals surface area contributed by atoms with Gasteiger partial charge in [-0.25, -0.2) is 0 Å². The van der Waals surface area contributed by atoms with Crippen molar-refractivity contribution < 1.29 is 14.9 Å². The summed E-state index contributed by atoms with van der Waals surface area (Å²) in [5.41, 5.74) is 2.92. The average molecular weight is 286 g/mol. The van der Waals surface area contributed by atoms with Crippen LogP contribution in [0.4, 0.5) is 0 Å². The summed E-state index contributed by atoms with van der Waals surface area (Å²) in [5.74, 6) is 1.43. The zero-order valence-corrected chi connectivity index (χ0v) is 12.5. The maximum atomic E-state index is 10.4. The fourth-order valence-electron chi connectivity index (χ4n) is 2.40. The summed E-state index contributed by atoms with van der Waals surface area (Å²) in [6, 6.07) is 13.6. The molecule has 0 aromatic heterocycles. The van der Waals surface area contributed by atoms with E-state index in [2.05, 4.69) is 0 Å². The van der Waals surface area contributed by atoms with Crippen LogP contribution >= 0.6 is 0 Å². The molecule has 0 saturated heterocycles. The van der Waals surface area contributed by atoms with Crippen molar-refractivity contribution in [2.45, 2.75) is 32.8 Å². The highest BCUT2D eigenvalue weighted by molar-refractivity contribution is 5.44. The Kier molecular flexibility index (Phi) is 5.37. The van der Waals surface area contributed by atoms with Gasteiger partial charge in [0.15, 0.2) is 0 Å². The maximum absolute atomic E-state index is 10.4. The standard InChI is InChI=1S/C18H22O3/c1-13-6-3-8-15(12-13)21-17-10-4-7-14(2)18(17)16(20)9-5-11-19/h3-4,6-8,10,12,16,19-20H,5,9,11H2,1-2H3. The molecule has 0 aliphatic heterocycles. The molecule has 1 unspecified atom stereocenters. The molecule has 0 heterocycles. The predicted molar refractivity (Wildman–Crippen MR) is 83.7 cm³/mol. The third kappa shape index (κ3) is 4.06. The van der Waals surface area contributed by atoms with E-state index in [9.17, 15) is 5.11 Å². The predicted octanol–water partition coefficient (Wildman–Crippen LogP) is 3.90. The van der Waals surface area contributed by atoms with Gasteiger partial charge in [-0.2, -0.15) is 0 Å². The van der Waals surface area contributed by atoms with Crippen molar-refractivity contribution in [3.8, 4) is 11.5 Å². The van der Waals surface area contributed by atoms with E-state index in [4.69, 9.17) is 9.84 Å². The van der Waals surface area contributed by atoms with E-state index in [0.29, 0.717) is 18.6 Å². The van der Waals surface area contributed by atoms with Gasteiger partial charge in [-0.05, 0) is 56.0 Å². The van der Waals surface area contributed by atoms with Gasteiger partial charge in [0.25, 0.3) is 0 Å². The molecule has 1 atom stereocenters. The second-order valence-corrected chi connectivity index (χ2v) is 5.29. The van der Waals surface area contributed by atoms with Crippen molar-refractivity contribution in [1.29, 1.82) is 0 Å². The average Bonchev–Trinajstić information content (AvgIpc) is 2.45. The van der Waals surface area contributed by atoms with Crippen molar-refractivity contribution >= 4 is 0 Å². The van der Waals surface area contributed by atoms with Crippen molar-refractivity contribution in [2.75, 3.05) is 6.61 Å². The highest BCUT2D eigenvalue weighted by Gasteiger charge is 2.16. The summed E-state index contributed by atoms with van der Waals surface area (Å²) in [6.07, 6.45) is 0.462. The molecule has 0 spiro atoms. The molecule has 21 heavy (non-hydrogen) atoms. The molecular weight excluding hydrogens is 264 g/mol. The van der Waals surface area contributed by atoms with Gasteiger partial charge in [0.05, 0.1) is 6.10 Å². The van der Waals surface area contributed by atoms with Crippen LogP contribution in [0.25, 0.3) is 0 Å². The van der Waals surface area contributed by atoms with Gasteiger partial charge >= 0.3 is 0 Å². The van der Waals surface area contributed by atoms with E-state index in [0.717, 1.165) is 22.4 Å². The molecule has 3 heteroatoms. The molecule has 0 radical (unpaired) electrons. The van der Waals surface area contributed by atoms with Gasteiger partial charge in [0, 0.05) is 12.2 Å². The van der Waals surface area contributed by atoms with Gasteiger partial charge in [0.1, 0.15) is 11.5 Å². The van der Waals surface area contributed by atoms with Crippen molar-refractivity contribution in [2.24, 2.45) is 0 Å². The number of ether oxygens (including phenoxy) is 1. The molecule has 3 nitrogen and oxygen atoms in total. The van der Waals surface area contributed by atoms with Crippen LogP contribution in [0.5, 0.6) is 11.5 Å². The van der Waals surface area contributed by atoms with Crippen LogP contribution in [-0.4, -0.2) is 16.8 Å². The quantitative estimate of drug-likeness (QED) is 0.846. The van der Waals surface area contributed by atoms with E-state index < -0.39 is 6.10 Å². The Morgan fingerprint density at radius 1 is 1.10 bits per heavy atom. The topological polar surface area (TPSA) is 49.7 Å². The lowest BCUT2D eigenvalue weighted by Gasteiger charge is -2.18. The molecule has 0 aliphatic rings. The highest BCUT2D eigenvalue weighted by atomic mass is 16.5. The zero-order chi connectivity index (χ0) is 15.2. The molecule has 0 amide bonds. The Bertz CT molecular complexity index is 593. The number of aliphatic hydroxyl groups excluding tert-OH is 2. The van der Waals surface area contributed by atoms with Crippen LogP contribution < -0.4 is 4.74 Å². The first-order chi connectivity index (χ1) is 10.1. The number of hydrogen-bond acceptors (Lipinski definition) is 3. The minimum Gasteiger partial charge on any atom is -0.457 e. The molecule has 112 valence electrons. The monoisotopic (exact) mass is 286 g/mol. The number of benzene rings is 2. The Labute approximate surface area is 125 Å². The lowest BCUT2D eigenvalue weighted by atomic mass is 9.99. The van der Waals surface area contributed by atoms with E-state index >= 15 is 0 Å². The largest absolute Gasteiger partial charge is 0.457 e. The smallest absolute Gasteiger partial charge is 0.133 e. The maximum Gasteiger partial charge on any atom is 0.133 e. The summed E-state index contributed by atoms with van der Waals surface area (Å²) < 4.78 is 5.95. The number of aryl methyl sites for hydroxylation is 2. The molecule has 0 bridgehead atoms. The zero-order valence-electron chi connectivity index (χ0n) is 12.5. The van der Waals surface area contributed by atoms with Crippen LogP contribution in [0.3, 0.4) is 0 Å². The third-order valence-corrected chi connectivity index (χ3v) is 3.47. The summed E-state index contributed by atoms with van der Waals surface area (Å²) in [4.78, 5) is 0. The molecule has 0 saturated carbocycles. The molecule has 2 aromatic rings. The van der Waals surface area contributed by atoms with Crippen LogP contribution in [-0.2, 0) is 0 Å². The van der Waals surface area contributed by atoms with E-state index in [1.54, 1.807) is 0 Å². The summed E-state index contributed by atoms with van der Waals surface area (Å²) in [5, 5.41) is 19.3. The fraction of sp³-hybridized carbons (Fsp3) is 0.333. The lowest BCUT2D eigenvalue weighted by molar-refractivity contribution is 0.148. The Balaban J connectivity index is 2.28. The normalized spacial score (nSPS) is 12.2. The number of hydrogen-bond donors (Lipinski definition) is 2. The van der Waals surface area contributed by atoms with E-state index in [-0.39, 0.29) is 6.61 Å². The summed E-state index contributed by atoms with van der Waals surface area (Å²) >= 11 is 0. The second-order valence-electron chi connectivity index (χ2n) is 5.29. The first-order valence-corrected chi connectivity index (χ1v) is 7.24. The van der Waals surface area contributed by atoms with Gasteiger partial charge < -0.3 is 14.9 Å². The minimum atomic E-state index is -0.627. The molecule has 0 fully saturated rings. The van der Waals surface area contributed by atoms with Crippen LogP contribution in [0.15, 0.2) is 42.5 Å². The lowest BCUT2D eigenvalue weighted by Crippen LogP contribution is -2.04. The summed E-state index contributed by atoms with van der Waals surface area (Å²) in [7, 11) is 0. The fourth-order valence-corrected chi connectivity index (χ4v) is 2.40. The van der Waals surface area contributed by atoms with E-state index in [1.807, 2.05) is 56.3 Å². The second kappa shape index (κ2) is 7.25. The number of rotatable bonds is 6. The Hall–Kier alpha value is -1.84. The molecular formula is C18H22O3. The third-order valence-electron chi connectivity index (χ3n) is 3.47. The van der Waals surface area contributed by atoms with Gasteiger partial charge in [0.2, 0.25) is 0 Å². The molecule has 0 aliphatic carbocycles. The van der Waals surface area contributed by atoms with Gasteiger partial charge in [-0.15, -0.1) is 0 Å². The molecule has 2 aromatic carbocycles. The summed E-state index contributed by atoms with van der Waals surface area (Å²) in [6.45, 7) is 4.05. The van der Waals surface area contributed by atoms with Crippen molar-refractivity contribution in [3.05, 3.63) is 59.2 Å². The Morgan fingerprint density at radius 3 is 2.57 bits per heavy atom. The van der Waals surface area contributed by atoms with Crippen LogP contribution in [0.1, 0.15) is 35.6 Å². The van der Waals surface area contributed by atoms with Crippen LogP contribution in [0.2, 0.25) is 0 Å². The van der Waals surface area contributed by atoms with Crippen molar-refractivity contribution in [3.63, 3.8) is 0 Å². The Morgan fingerprint density at radius 2 is 1.86 bits per heavy atom. The van der Waals surface area contributed by atoms with Gasteiger partial charge in [-0.3, -0.25) is 0 Å². The van der Waals surface area contributed by atoms with Crippen molar-refractivity contribution in [1.82, 2.24) is 0 Å². The highest BCUT2D eigenvalue weighted by Crippen LogP contribution is 2.34. The van der Waals surface area contributed by atoms with Crippen LogP contribution in [0, 0.1) is 13.8 Å². The van der Waals surface area contributed by atoms with E-state index in [1.165, 1.54) is 0 Å². The SMILES string of the molecule is Cc1cccc(Oc2cccc(C)c2C(O)CCCO)c1. The van der Waals surface area contributed by atoms with Gasteiger partial charge in [-0.1, -0.05) is 24.3 Å². The first-order valence-electron chi connectivity index (χ1n) is 7.24. The number of aliphatic hydroxyl groups is 2.